The van der Waals surface area contributed by atoms with Gasteiger partial charge in [0, 0.05) is 6.04 Å². The lowest BCUT2D eigenvalue weighted by Gasteiger charge is -2.20. The fraction of sp³-hybridized carbons (Fsp3) is 0.400. The third-order valence-corrected chi connectivity index (χ3v) is 4.40. The predicted molar refractivity (Wildman–Crippen MR) is 92.0 cm³/mol. The highest BCUT2D eigenvalue weighted by atomic mass is 14.9. The maximum atomic E-state index is 3.63. The van der Waals surface area contributed by atoms with Crippen molar-refractivity contribution in [3.63, 3.8) is 0 Å². The van der Waals surface area contributed by atoms with E-state index in [-0.39, 0.29) is 0 Å². The number of aryl methyl sites for hydroxylation is 4. The van der Waals surface area contributed by atoms with Gasteiger partial charge >= 0.3 is 0 Å². The molecule has 2 aromatic rings. The van der Waals surface area contributed by atoms with Gasteiger partial charge in [0.25, 0.3) is 0 Å². The van der Waals surface area contributed by atoms with E-state index >= 15 is 0 Å². The van der Waals surface area contributed by atoms with Gasteiger partial charge in [-0.2, -0.15) is 0 Å². The lowest BCUT2D eigenvalue weighted by Crippen LogP contribution is -2.23. The van der Waals surface area contributed by atoms with Crippen LogP contribution in [0.15, 0.2) is 36.4 Å². The summed E-state index contributed by atoms with van der Waals surface area (Å²) >= 11 is 0. The Morgan fingerprint density at radius 3 is 2.00 bits per heavy atom. The molecule has 0 aliphatic heterocycles. The molecule has 0 bridgehead atoms. The zero-order valence-corrected chi connectivity index (χ0v) is 14.0. The molecule has 0 aromatic heterocycles. The molecular formula is C20H27N. The van der Waals surface area contributed by atoms with Gasteiger partial charge in [0.1, 0.15) is 0 Å². The molecule has 0 heterocycles. The molecule has 1 N–H and O–H groups in total. The first-order valence-electron chi connectivity index (χ1n) is 7.88. The summed E-state index contributed by atoms with van der Waals surface area (Å²) in [6.45, 7) is 11.9. The first-order valence-corrected chi connectivity index (χ1v) is 7.88. The minimum absolute atomic E-state index is 0.386. The van der Waals surface area contributed by atoms with Gasteiger partial charge in [-0.3, -0.25) is 0 Å². The molecule has 0 saturated heterocycles. The third kappa shape index (κ3) is 3.95. The third-order valence-electron chi connectivity index (χ3n) is 4.40. The standard InChI is InChI=1S/C20H27N/c1-6-21-20(19-10-8-15(3)17(5)12-19)13-18-9-7-14(2)16(4)11-18/h7-12,20-21H,6,13H2,1-5H3. The average Bonchev–Trinajstić information content (AvgIpc) is 2.45. The Morgan fingerprint density at radius 1 is 0.810 bits per heavy atom. The number of nitrogens with one attached hydrogen (secondary N) is 1. The summed E-state index contributed by atoms with van der Waals surface area (Å²) < 4.78 is 0. The number of hydrogen-bond donors (Lipinski definition) is 1. The highest BCUT2D eigenvalue weighted by molar-refractivity contribution is 5.34. The number of hydrogen-bond acceptors (Lipinski definition) is 1. The second-order valence-corrected chi connectivity index (χ2v) is 6.08. The molecule has 1 heteroatoms. The summed E-state index contributed by atoms with van der Waals surface area (Å²) in [5.41, 5.74) is 8.27. The minimum Gasteiger partial charge on any atom is -0.310 e. The van der Waals surface area contributed by atoms with Gasteiger partial charge < -0.3 is 5.32 Å². The van der Waals surface area contributed by atoms with E-state index in [0.717, 1.165) is 13.0 Å². The highest BCUT2D eigenvalue weighted by Crippen LogP contribution is 2.22. The molecule has 1 nitrogen and oxygen atoms in total. The Labute approximate surface area is 129 Å². The maximum absolute atomic E-state index is 3.63. The lowest BCUT2D eigenvalue weighted by molar-refractivity contribution is 0.549. The fourth-order valence-electron chi connectivity index (χ4n) is 2.70. The molecule has 0 radical (unpaired) electrons. The Morgan fingerprint density at radius 2 is 1.43 bits per heavy atom. The van der Waals surface area contributed by atoms with Crippen LogP contribution < -0.4 is 5.32 Å². The van der Waals surface area contributed by atoms with Crippen LogP contribution in [-0.2, 0) is 6.42 Å². The van der Waals surface area contributed by atoms with Crippen molar-refractivity contribution in [3.8, 4) is 0 Å². The van der Waals surface area contributed by atoms with Crippen LogP contribution in [0.4, 0.5) is 0 Å². The zero-order valence-electron chi connectivity index (χ0n) is 14.0. The monoisotopic (exact) mass is 281 g/mol. The van der Waals surface area contributed by atoms with Crippen molar-refractivity contribution in [1.29, 1.82) is 0 Å². The van der Waals surface area contributed by atoms with E-state index in [0.29, 0.717) is 6.04 Å². The number of benzene rings is 2. The quantitative estimate of drug-likeness (QED) is 0.829. The second kappa shape index (κ2) is 6.91. The second-order valence-electron chi connectivity index (χ2n) is 6.08. The van der Waals surface area contributed by atoms with Crippen molar-refractivity contribution in [2.24, 2.45) is 0 Å². The van der Waals surface area contributed by atoms with E-state index in [2.05, 4.69) is 76.3 Å². The topological polar surface area (TPSA) is 12.0 Å². The molecular weight excluding hydrogens is 254 g/mol. The highest BCUT2D eigenvalue weighted by Gasteiger charge is 2.12. The Balaban J connectivity index is 2.25. The summed E-state index contributed by atoms with van der Waals surface area (Å²) in [4.78, 5) is 0. The normalized spacial score (nSPS) is 12.4. The van der Waals surface area contributed by atoms with E-state index in [9.17, 15) is 0 Å². The summed E-state index contributed by atoms with van der Waals surface area (Å²) in [6, 6.07) is 14.0. The van der Waals surface area contributed by atoms with E-state index in [1.54, 1.807) is 0 Å². The van der Waals surface area contributed by atoms with E-state index in [1.807, 2.05) is 0 Å². The predicted octanol–water partition coefficient (Wildman–Crippen LogP) is 4.81. The van der Waals surface area contributed by atoms with Crippen LogP contribution >= 0.6 is 0 Å². The summed E-state index contributed by atoms with van der Waals surface area (Å²) in [7, 11) is 0. The van der Waals surface area contributed by atoms with Gasteiger partial charge in [-0.05, 0) is 74.0 Å². The molecule has 21 heavy (non-hydrogen) atoms. The van der Waals surface area contributed by atoms with Crippen LogP contribution in [0.5, 0.6) is 0 Å². The molecule has 1 atom stereocenters. The van der Waals surface area contributed by atoms with Crippen molar-refractivity contribution in [3.05, 3.63) is 69.8 Å². The molecule has 2 rings (SSSR count). The maximum Gasteiger partial charge on any atom is 0.0360 e. The zero-order chi connectivity index (χ0) is 15.4. The molecule has 2 aromatic carbocycles. The van der Waals surface area contributed by atoms with Gasteiger partial charge in [0.15, 0.2) is 0 Å². The van der Waals surface area contributed by atoms with Crippen LogP contribution in [0.25, 0.3) is 0 Å². The number of likely N-dealkylation sites (N-methyl/N-ethyl adjacent to an activating group) is 1. The Hall–Kier alpha value is -1.60. The molecule has 112 valence electrons. The SMILES string of the molecule is CCNC(Cc1ccc(C)c(C)c1)c1ccc(C)c(C)c1. The van der Waals surface area contributed by atoms with Crippen LogP contribution in [0.2, 0.25) is 0 Å². The smallest absolute Gasteiger partial charge is 0.0360 e. The van der Waals surface area contributed by atoms with Crippen molar-refractivity contribution in [1.82, 2.24) is 5.32 Å². The summed E-state index contributed by atoms with van der Waals surface area (Å²) in [5, 5.41) is 3.63. The van der Waals surface area contributed by atoms with E-state index in [1.165, 1.54) is 33.4 Å². The van der Waals surface area contributed by atoms with Crippen molar-refractivity contribution in [2.45, 2.75) is 47.1 Å². The van der Waals surface area contributed by atoms with Crippen LogP contribution in [0.3, 0.4) is 0 Å². The molecule has 0 saturated carbocycles. The molecule has 0 fully saturated rings. The van der Waals surface area contributed by atoms with Crippen LogP contribution in [-0.4, -0.2) is 6.54 Å². The average molecular weight is 281 g/mol. The Kier molecular flexibility index (Phi) is 5.19. The molecule has 0 amide bonds. The van der Waals surface area contributed by atoms with E-state index in [4.69, 9.17) is 0 Å². The lowest BCUT2D eigenvalue weighted by atomic mass is 9.94. The first-order chi connectivity index (χ1) is 10.0. The van der Waals surface area contributed by atoms with Gasteiger partial charge in [0.2, 0.25) is 0 Å². The van der Waals surface area contributed by atoms with Crippen molar-refractivity contribution in [2.75, 3.05) is 6.54 Å². The largest absolute Gasteiger partial charge is 0.310 e. The number of rotatable bonds is 5. The van der Waals surface area contributed by atoms with Crippen LogP contribution in [0, 0.1) is 27.7 Å². The van der Waals surface area contributed by atoms with Gasteiger partial charge in [-0.1, -0.05) is 43.3 Å². The molecule has 0 aliphatic rings. The molecule has 1 unspecified atom stereocenters. The van der Waals surface area contributed by atoms with E-state index < -0.39 is 0 Å². The summed E-state index contributed by atoms with van der Waals surface area (Å²) in [5.74, 6) is 0. The van der Waals surface area contributed by atoms with Crippen molar-refractivity contribution < 1.29 is 0 Å². The first kappa shape index (κ1) is 15.8. The fourth-order valence-corrected chi connectivity index (χ4v) is 2.70. The molecule has 0 spiro atoms. The summed E-state index contributed by atoms with van der Waals surface area (Å²) in [6.07, 6.45) is 1.04. The Bertz CT molecular complexity index is 613. The molecule has 0 aliphatic carbocycles. The van der Waals surface area contributed by atoms with Crippen molar-refractivity contribution >= 4 is 0 Å². The minimum atomic E-state index is 0.386. The van der Waals surface area contributed by atoms with Crippen LogP contribution in [0.1, 0.15) is 46.3 Å². The van der Waals surface area contributed by atoms with Gasteiger partial charge in [-0.15, -0.1) is 0 Å². The van der Waals surface area contributed by atoms with Gasteiger partial charge in [-0.25, -0.2) is 0 Å². The van der Waals surface area contributed by atoms with Gasteiger partial charge in [0.05, 0.1) is 0 Å².